The first-order valence-corrected chi connectivity index (χ1v) is 8.82. The van der Waals surface area contributed by atoms with Crippen LogP contribution in [0.5, 0.6) is 0 Å². The molecular weight excluding hydrogens is 402 g/mol. The van der Waals surface area contributed by atoms with Gasteiger partial charge in [0.25, 0.3) is 0 Å². The lowest BCUT2D eigenvalue weighted by atomic mass is 9.86. The Morgan fingerprint density at radius 3 is 2.54 bits per heavy atom. The van der Waals surface area contributed by atoms with Crippen LogP contribution in [0.4, 0.5) is 14.6 Å². The van der Waals surface area contributed by atoms with E-state index in [4.69, 9.17) is 11.6 Å². The van der Waals surface area contributed by atoms with Crippen molar-refractivity contribution in [2.75, 3.05) is 18.0 Å². The average molecular weight is 414 g/mol. The number of aromatic nitrogens is 2. The van der Waals surface area contributed by atoms with Crippen molar-refractivity contribution >= 4 is 44.3 Å². The highest BCUT2D eigenvalue weighted by Gasteiger charge is 2.43. The number of nitriles is 1. The van der Waals surface area contributed by atoms with E-state index in [1.165, 1.54) is 6.07 Å². The minimum Gasteiger partial charge on any atom is -0.355 e. The fraction of sp³-hybridized carbons (Fsp3) is 0.438. The van der Waals surface area contributed by atoms with Crippen LogP contribution in [0.3, 0.4) is 0 Å². The number of rotatable bonds is 1. The van der Waals surface area contributed by atoms with Gasteiger partial charge in [-0.25, -0.2) is 13.8 Å². The number of halogens is 4. The highest BCUT2D eigenvalue weighted by molar-refractivity contribution is 9.10. The van der Waals surface area contributed by atoms with Gasteiger partial charge in [-0.1, -0.05) is 0 Å². The van der Waals surface area contributed by atoms with Crippen LogP contribution in [-0.4, -0.2) is 23.1 Å². The van der Waals surface area contributed by atoms with Crippen molar-refractivity contribution in [3.05, 3.63) is 27.5 Å². The minimum absolute atomic E-state index is 0.00646. The zero-order valence-electron chi connectivity index (χ0n) is 12.4. The van der Waals surface area contributed by atoms with Crippen molar-refractivity contribution in [2.24, 2.45) is 17.8 Å². The van der Waals surface area contributed by atoms with Crippen LogP contribution in [-0.2, 0) is 0 Å². The number of hydrogen-bond acceptors (Lipinski definition) is 4. The number of benzene rings is 1. The zero-order chi connectivity index (χ0) is 17.0. The van der Waals surface area contributed by atoms with Gasteiger partial charge in [0.15, 0.2) is 5.82 Å². The van der Waals surface area contributed by atoms with E-state index in [2.05, 4.69) is 32.0 Å². The van der Waals surface area contributed by atoms with E-state index in [9.17, 15) is 14.0 Å². The summed E-state index contributed by atoms with van der Waals surface area (Å²) >= 11 is 8.86. The topological polar surface area (TPSA) is 52.8 Å². The van der Waals surface area contributed by atoms with Gasteiger partial charge in [0.05, 0.1) is 16.5 Å². The summed E-state index contributed by atoms with van der Waals surface area (Å²) in [6, 6.07) is 3.63. The van der Waals surface area contributed by atoms with Crippen molar-refractivity contribution in [2.45, 2.75) is 12.8 Å². The summed E-state index contributed by atoms with van der Waals surface area (Å²) in [6.45, 7) is 1.27. The van der Waals surface area contributed by atoms with Crippen LogP contribution in [0.2, 0.25) is 5.28 Å². The molecule has 8 heteroatoms. The summed E-state index contributed by atoms with van der Waals surface area (Å²) in [5, 5.41) is 9.55. The molecule has 2 fully saturated rings. The normalized spacial score (nSPS) is 26.0. The van der Waals surface area contributed by atoms with Crippen molar-refractivity contribution in [3.8, 4) is 6.07 Å². The fourth-order valence-corrected chi connectivity index (χ4v) is 4.44. The Bertz CT molecular complexity index is 871. The smallest absolute Gasteiger partial charge is 0.225 e. The molecule has 0 unspecified atom stereocenters. The summed E-state index contributed by atoms with van der Waals surface area (Å²) < 4.78 is 28.1. The second-order valence-corrected chi connectivity index (χ2v) is 7.49. The lowest BCUT2D eigenvalue weighted by Crippen LogP contribution is -2.42. The first kappa shape index (κ1) is 16.0. The van der Waals surface area contributed by atoms with Gasteiger partial charge in [-0.2, -0.15) is 10.2 Å². The van der Waals surface area contributed by atoms with Gasteiger partial charge in [0, 0.05) is 18.5 Å². The summed E-state index contributed by atoms with van der Waals surface area (Å²) in [5.74, 6) is -0.506. The van der Waals surface area contributed by atoms with Crippen molar-refractivity contribution in [3.63, 3.8) is 0 Å². The highest BCUT2D eigenvalue weighted by Crippen LogP contribution is 2.44. The van der Waals surface area contributed by atoms with E-state index < -0.39 is 11.6 Å². The van der Waals surface area contributed by atoms with E-state index in [1.54, 1.807) is 0 Å². The van der Waals surface area contributed by atoms with Gasteiger partial charge in [0.2, 0.25) is 5.28 Å². The third-order valence-corrected chi connectivity index (χ3v) is 5.96. The Labute approximate surface area is 150 Å². The predicted molar refractivity (Wildman–Crippen MR) is 89.7 cm³/mol. The Morgan fingerprint density at radius 2 is 1.92 bits per heavy atom. The summed E-state index contributed by atoms with van der Waals surface area (Å²) in [7, 11) is 0. The molecule has 0 spiro atoms. The van der Waals surface area contributed by atoms with Crippen LogP contribution in [0.1, 0.15) is 12.8 Å². The van der Waals surface area contributed by atoms with Crippen LogP contribution < -0.4 is 4.90 Å². The van der Waals surface area contributed by atoms with Gasteiger partial charge in [-0.3, -0.25) is 0 Å². The molecule has 0 amide bonds. The number of nitrogens with zero attached hydrogens (tertiary/aromatic N) is 4. The maximum atomic E-state index is 14.4. The zero-order valence-corrected chi connectivity index (χ0v) is 14.8. The second-order valence-electron chi connectivity index (χ2n) is 6.36. The van der Waals surface area contributed by atoms with Gasteiger partial charge >= 0.3 is 0 Å². The molecule has 3 atom stereocenters. The predicted octanol–water partition coefficient (Wildman–Crippen LogP) is 4.31. The standard InChI is InChI=1S/C16H12BrClF2N4/c17-12-11(19)3-9-14(13(12)20)22-16(18)23-15(9)24-5-7-1-2-8(6-24)10(7)4-21/h3,7-8,10H,1-2,5-6H2/t7-,8+,10-. The van der Waals surface area contributed by atoms with E-state index in [0.717, 1.165) is 12.8 Å². The third kappa shape index (κ3) is 2.35. The first-order valence-electron chi connectivity index (χ1n) is 7.65. The number of anilines is 1. The molecular formula is C16H12BrClF2N4. The number of piperidine rings is 1. The first-order chi connectivity index (χ1) is 11.5. The van der Waals surface area contributed by atoms with E-state index in [-0.39, 0.29) is 33.0 Å². The average Bonchev–Trinajstić information content (AvgIpc) is 2.81. The molecule has 2 bridgehead atoms. The summed E-state index contributed by atoms with van der Waals surface area (Å²) in [6.07, 6.45) is 1.98. The molecule has 24 heavy (non-hydrogen) atoms. The molecule has 1 aliphatic carbocycles. The molecule has 2 heterocycles. The molecule has 0 N–H and O–H groups in total. The van der Waals surface area contributed by atoms with Gasteiger partial charge in [0.1, 0.15) is 17.2 Å². The van der Waals surface area contributed by atoms with E-state index in [1.807, 2.05) is 4.90 Å². The molecule has 1 aliphatic heterocycles. The summed E-state index contributed by atoms with van der Waals surface area (Å²) in [5.41, 5.74) is -0.00646. The molecule has 1 aromatic carbocycles. The fourth-order valence-electron chi connectivity index (χ4n) is 3.98. The van der Waals surface area contributed by atoms with Crippen LogP contribution in [0, 0.1) is 40.7 Å². The van der Waals surface area contributed by atoms with Crippen LogP contribution >= 0.6 is 27.5 Å². The third-order valence-electron chi connectivity index (χ3n) is 5.06. The summed E-state index contributed by atoms with van der Waals surface area (Å²) in [4.78, 5) is 10.1. The van der Waals surface area contributed by atoms with Crippen molar-refractivity contribution < 1.29 is 8.78 Å². The molecule has 4 nitrogen and oxygen atoms in total. The van der Waals surface area contributed by atoms with Crippen LogP contribution in [0.15, 0.2) is 10.5 Å². The minimum atomic E-state index is -0.787. The molecule has 1 aromatic heterocycles. The molecule has 1 saturated heterocycles. The lowest BCUT2D eigenvalue weighted by Gasteiger charge is -2.36. The Balaban J connectivity index is 1.85. The number of fused-ring (bicyclic) bond motifs is 3. The second kappa shape index (κ2) is 5.78. The molecule has 1 saturated carbocycles. The molecule has 2 aliphatic rings. The SMILES string of the molecule is N#C[C@@H]1[C@@H]2CC[C@H]1CN(c1nc(Cl)nc3c(F)c(Br)c(F)cc13)C2. The van der Waals surface area contributed by atoms with Gasteiger partial charge in [-0.05, 0) is 58.3 Å². The van der Waals surface area contributed by atoms with Crippen molar-refractivity contribution in [1.82, 2.24) is 9.97 Å². The molecule has 4 rings (SSSR count). The monoisotopic (exact) mass is 412 g/mol. The quantitative estimate of drug-likeness (QED) is 0.516. The maximum Gasteiger partial charge on any atom is 0.225 e. The maximum absolute atomic E-state index is 14.4. The highest BCUT2D eigenvalue weighted by atomic mass is 79.9. The molecule has 124 valence electrons. The molecule has 2 aromatic rings. The Morgan fingerprint density at radius 1 is 1.25 bits per heavy atom. The van der Waals surface area contributed by atoms with Gasteiger partial charge in [-0.15, -0.1) is 0 Å². The van der Waals surface area contributed by atoms with Gasteiger partial charge < -0.3 is 4.90 Å². The Hall–Kier alpha value is -1.52. The van der Waals surface area contributed by atoms with E-state index >= 15 is 0 Å². The lowest BCUT2D eigenvalue weighted by molar-refractivity contribution is 0.336. The largest absolute Gasteiger partial charge is 0.355 e. The molecule has 0 radical (unpaired) electrons. The van der Waals surface area contributed by atoms with Crippen molar-refractivity contribution in [1.29, 1.82) is 5.26 Å². The van der Waals surface area contributed by atoms with E-state index in [0.29, 0.717) is 24.3 Å². The number of hydrogen-bond donors (Lipinski definition) is 0. The Kier molecular flexibility index (Phi) is 3.85. The van der Waals surface area contributed by atoms with Crippen LogP contribution in [0.25, 0.3) is 10.9 Å².